The largest absolute Gasteiger partial charge is 0.496 e. The molecule has 2 aromatic rings. The summed E-state index contributed by atoms with van der Waals surface area (Å²) < 4.78 is 5.44. The van der Waals surface area contributed by atoms with Crippen LogP contribution < -0.4 is 20.7 Å². The van der Waals surface area contributed by atoms with Crippen molar-refractivity contribution in [3.05, 3.63) is 30.0 Å². The number of carbonyl (C=O) groups excluding carboxylic acids is 5. The number of carbonyl (C=O) groups is 5. The Morgan fingerprint density at radius 3 is 2.73 bits per heavy atom. The molecule has 2 aliphatic heterocycles. The molecule has 11 heteroatoms. The normalized spacial score (nSPS) is 24.4. The maximum atomic E-state index is 13.9. The average Bonchev–Trinajstić information content (AvgIpc) is 3.74. The fourth-order valence-corrected chi connectivity index (χ4v) is 6.55. The highest BCUT2D eigenvalue weighted by Crippen LogP contribution is 2.43. The van der Waals surface area contributed by atoms with Crippen molar-refractivity contribution < 1.29 is 28.7 Å². The number of aromatic amines is 1. The minimum atomic E-state index is -1.16. The summed E-state index contributed by atoms with van der Waals surface area (Å²) in [6.07, 6.45) is 3.90. The molecular weight excluding hydrogens is 514 g/mol. The Balaban J connectivity index is 1.40. The summed E-state index contributed by atoms with van der Waals surface area (Å²) >= 11 is 0. The van der Waals surface area contributed by atoms with Gasteiger partial charge in [0.15, 0.2) is 0 Å². The van der Waals surface area contributed by atoms with Gasteiger partial charge in [-0.2, -0.15) is 0 Å². The molecule has 1 aliphatic carbocycles. The molecule has 1 saturated carbocycles. The molecule has 0 spiro atoms. The number of H-pyrrole nitrogens is 1. The summed E-state index contributed by atoms with van der Waals surface area (Å²) in [7, 11) is 1.57. The Morgan fingerprint density at radius 2 is 2.00 bits per heavy atom. The lowest BCUT2D eigenvalue weighted by molar-refractivity contribution is -0.141. The first-order valence-electron chi connectivity index (χ1n) is 14.2. The van der Waals surface area contributed by atoms with Crippen LogP contribution >= 0.6 is 0 Å². The zero-order valence-electron chi connectivity index (χ0n) is 23.0. The summed E-state index contributed by atoms with van der Waals surface area (Å²) in [6.45, 7) is 3.14. The van der Waals surface area contributed by atoms with E-state index in [0.29, 0.717) is 43.9 Å². The summed E-state index contributed by atoms with van der Waals surface area (Å²) in [5, 5.41) is 8.90. The molecule has 40 heavy (non-hydrogen) atoms. The number of benzene rings is 1. The molecule has 5 rings (SSSR count). The quantitative estimate of drug-likeness (QED) is 0.329. The van der Waals surface area contributed by atoms with E-state index in [0.717, 1.165) is 30.2 Å². The van der Waals surface area contributed by atoms with Crippen LogP contribution in [-0.2, 0) is 19.2 Å². The molecule has 3 fully saturated rings. The average molecular weight is 552 g/mol. The predicted octanol–water partition coefficient (Wildman–Crippen LogP) is 1.52. The third-order valence-electron chi connectivity index (χ3n) is 8.57. The fraction of sp³-hybridized carbons (Fsp3) is 0.552. The molecule has 5 unspecified atom stereocenters. The zero-order valence-corrected chi connectivity index (χ0v) is 23.0. The monoisotopic (exact) mass is 551 g/mol. The van der Waals surface area contributed by atoms with Crippen LogP contribution in [0.5, 0.6) is 5.75 Å². The van der Waals surface area contributed by atoms with Crippen molar-refractivity contribution in [2.45, 2.75) is 57.5 Å². The van der Waals surface area contributed by atoms with E-state index >= 15 is 0 Å². The van der Waals surface area contributed by atoms with Gasteiger partial charge in [-0.25, -0.2) is 0 Å². The van der Waals surface area contributed by atoms with E-state index in [1.54, 1.807) is 18.1 Å². The number of hydrogen-bond acceptors (Lipinski definition) is 6. The minimum absolute atomic E-state index is 0.0343. The molecule has 5 atom stereocenters. The van der Waals surface area contributed by atoms with Crippen molar-refractivity contribution in [2.24, 2.45) is 17.8 Å². The Labute approximate surface area is 232 Å². The first-order valence-corrected chi connectivity index (χ1v) is 14.2. The van der Waals surface area contributed by atoms with Gasteiger partial charge in [-0.3, -0.25) is 24.0 Å². The summed E-state index contributed by atoms with van der Waals surface area (Å²) in [4.78, 5) is 70.5. The van der Waals surface area contributed by atoms with Gasteiger partial charge in [0.05, 0.1) is 13.2 Å². The fourth-order valence-electron chi connectivity index (χ4n) is 6.55. The number of likely N-dealkylation sites (tertiary alicyclic amines) is 1. The van der Waals surface area contributed by atoms with E-state index in [9.17, 15) is 24.0 Å². The van der Waals surface area contributed by atoms with E-state index in [1.165, 1.54) is 0 Å². The molecule has 214 valence electrons. The first-order chi connectivity index (χ1) is 19.3. The van der Waals surface area contributed by atoms with Crippen LogP contribution in [0, 0.1) is 17.8 Å². The minimum Gasteiger partial charge on any atom is -0.496 e. The molecule has 3 heterocycles. The smallest absolute Gasteiger partial charge is 0.289 e. The van der Waals surface area contributed by atoms with Crippen LogP contribution in [0.25, 0.3) is 10.9 Å². The molecule has 4 amide bonds. The van der Waals surface area contributed by atoms with E-state index in [1.807, 2.05) is 25.1 Å². The Morgan fingerprint density at radius 1 is 1.18 bits per heavy atom. The number of rotatable bonds is 10. The topological polar surface area (TPSA) is 150 Å². The van der Waals surface area contributed by atoms with Crippen LogP contribution in [-0.4, -0.2) is 78.1 Å². The third-order valence-corrected chi connectivity index (χ3v) is 8.57. The number of ether oxygens (including phenoxy) is 1. The van der Waals surface area contributed by atoms with Gasteiger partial charge in [0.1, 0.15) is 17.5 Å². The van der Waals surface area contributed by atoms with Crippen molar-refractivity contribution in [3.63, 3.8) is 0 Å². The second-order valence-electron chi connectivity index (χ2n) is 11.1. The molecule has 0 radical (unpaired) electrons. The van der Waals surface area contributed by atoms with E-state index < -0.39 is 35.6 Å². The second-order valence-corrected chi connectivity index (χ2v) is 11.1. The number of nitrogens with one attached hydrogen (secondary N) is 4. The number of nitrogens with zero attached hydrogens (tertiary/aromatic N) is 1. The van der Waals surface area contributed by atoms with Crippen LogP contribution in [0.2, 0.25) is 0 Å². The van der Waals surface area contributed by atoms with Crippen molar-refractivity contribution in [2.75, 3.05) is 26.7 Å². The molecule has 1 aromatic carbocycles. The van der Waals surface area contributed by atoms with Gasteiger partial charge in [-0.1, -0.05) is 19.4 Å². The molecule has 1 aromatic heterocycles. The highest BCUT2D eigenvalue weighted by Gasteiger charge is 2.50. The summed E-state index contributed by atoms with van der Waals surface area (Å²) in [5.74, 6) is -2.21. The van der Waals surface area contributed by atoms with Gasteiger partial charge in [0.2, 0.25) is 17.6 Å². The number of ketones is 1. The number of Topliss-reactive ketones (excluding diaryl/α,β-unsaturated/α-hetero) is 1. The number of aromatic nitrogens is 1. The number of amides is 4. The highest BCUT2D eigenvalue weighted by atomic mass is 16.5. The molecule has 3 aliphatic rings. The molecule has 0 bridgehead atoms. The zero-order chi connectivity index (χ0) is 28.4. The maximum absolute atomic E-state index is 13.9. The Hall–Kier alpha value is -3.89. The van der Waals surface area contributed by atoms with Crippen LogP contribution in [0.4, 0.5) is 0 Å². The first kappa shape index (κ1) is 27.7. The Kier molecular flexibility index (Phi) is 8.09. The molecule has 2 saturated heterocycles. The second kappa shape index (κ2) is 11.7. The maximum Gasteiger partial charge on any atom is 0.289 e. The SMILES string of the molecule is CCCNC(=O)C(=O)C(CC1CCNC1=O)NC(=O)C1C2CCCC2CN1C(=O)c1cc2c(OC)cccc2[nH]1. The highest BCUT2D eigenvalue weighted by molar-refractivity contribution is 6.38. The number of hydrogen-bond donors (Lipinski definition) is 4. The summed E-state index contributed by atoms with van der Waals surface area (Å²) in [5.41, 5.74) is 1.10. The van der Waals surface area contributed by atoms with Gasteiger partial charge in [-0.15, -0.1) is 0 Å². The van der Waals surface area contributed by atoms with E-state index in [4.69, 9.17) is 4.74 Å². The standard InChI is InChI=1S/C29H37N5O6/c1-3-11-30-28(38)25(35)21(13-16-10-12-31-26(16)36)33-27(37)24-18-7-4-6-17(18)15-34(24)29(39)22-14-19-20(32-22)8-5-9-23(19)40-2/h5,8-9,14,16-18,21,24,32H,3-4,6-7,10-13,15H2,1-2H3,(H,30,38)(H,31,36)(H,33,37). The van der Waals surface area contributed by atoms with Gasteiger partial charge in [0.25, 0.3) is 11.8 Å². The van der Waals surface area contributed by atoms with Crippen molar-refractivity contribution in [1.82, 2.24) is 25.8 Å². The predicted molar refractivity (Wildman–Crippen MR) is 146 cm³/mol. The van der Waals surface area contributed by atoms with Gasteiger partial charge >= 0.3 is 0 Å². The van der Waals surface area contributed by atoms with Crippen LogP contribution in [0.1, 0.15) is 55.9 Å². The Bertz CT molecular complexity index is 1320. The molecular formula is C29H37N5O6. The summed E-state index contributed by atoms with van der Waals surface area (Å²) in [6, 6.07) is 5.31. The number of methoxy groups -OCH3 is 1. The van der Waals surface area contributed by atoms with E-state index in [-0.39, 0.29) is 30.1 Å². The van der Waals surface area contributed by atoms with Crippen molar-refractivity contribution in [1.29, 1.82) is 0 Å². The lowest BCUT2D eigenvalue weighted by Gasteiger charge is -2.29. The molecule has 11 nitrogen and oxygen atoms in total. The van der Waals surface area contributed by atoms with Gasteiger partial charge < -0.3 is 30.6 Å². The van der Waals surface area contributed by atoms with Gasteiger partial charge in [-0.05, 0) is 62.1 Å². The van der Waals surface area contributed by atoms with Crippen molar-refractivity contribution in [3.8, 4) is 5.75 Å². The van der Waals surface area contributed by atoms with Gasteiger partial charge in [0, 0.05) is 36.5 Å². The number of fused-ring (bicyclic) bond motifs is 2. The van der Waals surface area contributed by atoms with Crippen molar-refractivity contribution >= 4 is 40.3 Å². The lowest BCUT2D eigenvalue weighted by atomic mass is 9.91. The molecule has 4 N–H and O–H groups in total. The van der Waals surface area contributed by atoms with Crippen LogP contribution in [0.3, 0.4) is 0 Å². The van der Waals surface area contributed by atoms with Crippen LogP contribution in [0.15, 0.2) is 24.3 Å². The lowest BCUT2D eigenvalue weighted by Crippen LogP contribution is -2.55. The third kappa shape index (κ3) is 5.29. The van der Waals surface area contributed by atoms with E-state index in [2.05, 4.69) is 20.9 Å².